The fourth-order valence-corrected chi connectivity index (χ4v) is 2.65. The molecule has 1 rings (SSSR count). The van der Waals surface area contributed by atoms with Crippen molar-refractivity contribution in [2.24, 2.45) is 4.99 Å². The summed E-state index contributed by atoms with van der Waals surface area (Å²) in [6, 6.07) is 0.341. The topological polar surface area (TPSA) is 87.8 Å². The second-order valence-electron chi connectivity index (χ2n) is 6.28. The van der Waals surface area contributed by atoms with Gasteiger partial charge in [0.1, 0.15) is 6.10 Å². The Balaban J connectivity index is 2.36. The zero-order valence-corrected chi connectivity index (χ0v) is 17.2. The van der Waals surface area contributed by atoms with E-state index in [2.05, 4.69) is 51.4 Å². The summed E-state index contributed by atoms with van der Waals surface area (Å²) in [6.07, 6.45) is 2.09. The van der Waals surface area contributed by atoms with E-state index in [4.69, 9.17) is 9.26 Å². The lowest BCUT2D eigenvalue weighted by Crippen LogP contribution is -2.42. The van der Waals surface area contributed by atoms with Crippen LogP contribution in [-0.4, -0.2) is 60.3 Å². The molecular weight excluding hydrogens is 332 g/mol. The van der Waals surface area contributed by atoms with Crippen molar-refractivity contribution < 1.29 is 9.26 Å². The molecule has 1 aromatic heterocycles. The average Bonchev–Trinajstić information content (AvgIpc) is 3.11. The van der Waals surface area contributed by atoms with Gasteiger partial charge in [-0.05, 0) is 53.2 Å². The third-order valence-corrected chi connectivity index (χ3v) is 4.28. The average molecular weight is 369 g/mol. The second-order valence-corrected chi connectivity index (χ2v) is 6.28. The van der Waals surface area contributed by atoms with Crippen LogP contribution in [0, 0.1) is 0 Å². The maximum Gasteiger partial charge on any atom is 0.246 e. The Labute approximate surface area is 157 Å². The van der Waals surface area contributed by atoms with Crippen LogP contribution in [0.3, 0.4) is 0 Å². The van der Waals surface area contributed by atoms with E-state index in [1.54, 1.807) is 7.05 Å². The van der Waals surface area contributed by atoms with Crippen LogP contribution in [0.2, 0.25) is 0 Å². The minimum atomic E-state index is -0.166. The van der Waals surface area contributed by atoms with Crippen LogP contribution in [0.15, 0.2) is 9.52 Å². The molecule has 0 amide bonds. The molecule has 1 aromatic rings. The first-order valence-electron chi connectivity index (χ1n) is 9.67. The first kappa shape index (κ1) is 22.4. The van der Waals surface area contributed by atoms with E-state index in [-0.39, 0.29) is 6.10 Å². The van der Waals surface area contributed by atoms with Gasteiger partial charge in [-0.25, -0.2) is 0 Å². The van der Waals surface area contributed by atoms with Gasteiger partial charge >= 0.3 is 0 Å². The third-order valence-electron chi connectivity index (χ3n) is 4.28. The lowest BCUT2D eigenvalue weighted by atomic mass is 10.2. The summed E-state index contributed by atoms with van der Waals surface area (Å²) in [5, 5.41) is 10.6. The quantitative estimate of drug-likeness (QED) is 0.432. The highest BCUT2D eigenvalue weighted by atomic mass is 16.5. The first-order chi connectivity index (χ1) is 12.5. The molecular formula is C18H36N6O2. The van der Waals surface area contributed by atoms with E-state index < -0.39 is 0 Å². The molecule has 2 N–H and O–H groups in total. The summed E-state index contributed by atoms with van der Waals surface area (Å²) in [4.78, 5) is 11.0. The lowest BCUT2D eigenvalue weighted by Gasteiger charge is -2.21. The number of nitrogens with zero attached hydrogens (tertiary/aromatic N) is 4. The van der Waals surface area contributed by atoms with Gasteiger partial charge in [0.2, 0.25) is 5.89 Å². The van der Waals surface area contributed by atoms with Crippen molar-refractivity contribution in [2.75, 3.05) is 33.3 Å². The molecule has 2 unspecified atom stereocenters. The number of hydrogen-bond donors (Lipinski definition) is 2. The monoisotopic (exact) mass is 368 g/mol. The van der Waals surface area contributed by atoms with Crippen LogP contribution < -0.4 is 10.6 Å². The van der Waals surface area contributed by atoms with Crippen molar-refractivity contribution in [1.29, 1.82) is 0 Å². The van der Waals surface area contributed by atoms with E-state index in [1.165, 1.54) is 0 Å². The largest absolute Gasteiger partial charge is 0.371 e. The molecule has 0 aliphatic heterocycles. The minimum Gasteiger partial charge on any atom is -0.371 e. The maximum absolute atomic E-state index is 5.47. The zero-order chi connectivity index (χ0) is 19.4. The Morgan fingerprint density at radius 3 is 2.62 bits per heavy atom. The predicted molar refractivity (Wildman–Crippen MR) is 104 cm³/mol. The van der Waals surface area contributed by atoms with E-state index in [0.717, 1.165) is 38.4 Å². The van der Waals surface area contributed by atoms with Crippen molar-refractivity contribution in [1.82, 2.24) is 25.7 Å². The van der Waals surface area contributed by atoms with Crippen LogP contribution >= 0.6 is 0 Å². The molecule has 2 atom stereocenters. The standard InChI is InChI=1S/C18H36N6O2/c1-7-24(8-2)12-10-11-14(4)21-18(19-6)20-13-16-22-17(23-26-16)15(5)25-9-3/h14-15H,7-13H2,1-6H3,(H2,19,20,21). The van der Waals surface area contributed by atoms with E-state index >= 15 is 0 Å². The summed E-state index contributed by atoms with van der Waals surface area (Å²) in [7, 11) is 1.76. The normalized spacial score (nSPS) is 14.5. The van der Waals surface area contributed by atoms with Crippen molar-refractivity contribution in [3.63, 3.8) is 0 Å². The summed E-state index contributed by atoms with van der Waals surface area (Å²) < 4.78 is 10.7. The SMILES string of the molecule is CCOC(C)c1noc(CNC(=NC)NC(C)CCCN(CC)CC)n1. The minimum absolute atomic E-state index is 0.166. The molecule has 8 heteroatoms. The second kappa shape index (κ2) is 12.6. The fourth-order valence-electron chi connectivity index (χ4n) is 2.65. The summed E-state index contributed by atoms with van der Waals surface area (Å²) in [6.45, 7) is 14.8. The van der Waals surface area contributed by atoms with Gasteiger partial charge in [0, 0.05) is 19.7 Å². The van der Waals surface area contributed by atoms with E-state index in [9.17, 15) is 0 Å². The van der Waals surface area contributed by atoms with E-state index in [1.807, 2.05) is 13.8 Å². The highest BCUT2D eigenvalue weighted by Crippen LogP contribution is 2.12. The van der Waals surface area contributed by atoms with Crippen LogP contribution in [0.1, 0.15) is 65.3 Å². The smallest absolute Gasteiger partial charge is 0.246 e. The van der Waals surface area contributed by atoms with Crippen LogP contribution in [0.5, 0.6) is 0 Å². The molecule has 0 aromatic carbocycles. The van der Waals surface area contributed by atoms with E-state index in [0.29, 0.717) is 30.9 Å². The molecule has 0 radical (unpaired) electrons. The van der Waals surface area contributed by atoms with Gasteiger partial charge in [-0.3, -0.25) is 4.99 Å². The van der Waals surface area contributed by atoms with Gasteiger partial charge in [0.05, 0.1) is 6.54 Å². The van der Waals surface area contributed by atoms with Gasteiger partial charge in [-0.15, -0.1) is 0 Å². The molecule has 0 aliphatic rings. The first-order valence-corrected chi connectivity index (χ1v) is 9.67. The van der Waals surface area contributed by atoms with Crippen LogP contribution in [0.25, 0.3) is 0 Å². The number of ether oxygens (including phenoxy) is 1. The predicted octanol–water partition coefficient (Wildman–Crippen LogP) is 2.34. The Bertz CT molecular complexity index is 516. The summed E-state index contributed by atoms with van der Waals surface area (Å²) >= 11 is 0. The Morgan fingerprint density at radius 1 is 1.27 bits per heavy atom. The van der Waals surface area contributed by atoms with Gasteiger partial charge in [-0.1, -0.05) is 19.0 Å². The number of rotatable bonds is 12. The van der Waals surface area contributed by atoms with Crippen LogP contribution in [0.4, 0.5) is 0 Å². The Hall–Kier alpha value is -1.67. The van der Waals surface area contributed by atoms with Crippen LogP contribution in [-0.2, 0) is 11.3 Å². The van der Waals surface area contributed by atoms with Crippen molar-refractivity contribution in [2.45, 2.75) is 66.2 Å². The molecule has 150 valence electrons. The van der Waals surface area contributed by atoms with Crippen molar-refractivity contribution in [3.8, 4) is 0 Å². The maximum atomic E-state index is 5.47. The number of aromatic nitrogens is 2. The molecule has 8 nitrogen and oxygen atoms in total. The number of aliphatic imine (C=N–C) groups is 1. The van der Waals surface area contributed by atoms with Crippen molar-refractivity contribution >= 4 is 5.96 Å². The van der Waals surface area contributed by atoms with Crippen molar-refractivity contribution in [3.05, 3.63) is 11.7 Å². The number of guanidine groups is 1. The molecule has 1 heterocycles. The number of nitrogens with one attached hydrogen (secondary N) is 2. The molecule has 0 saturated heterocycles. The highest BCUT2D eigenvalue weighted by Gasteiger charge is 2.14. The van der Waals surface area contributed by atoms with Gasteiger partial charge in [0.15, 0.2) is 11.8 Å². The third kappa shape index (κ3) is 8.14. The molecule has 0 spiro atoms. The summed E-state index contributed by atoms with van der Waals surface area (Å²) in [5.41, 5.74) is 0. The molecule has 0 fully saturated rings. The number of hydrogen-bond acceptors (Lipinski definition) is 6. The molecule has 26 heavy (non-hydrogen) atoms. The molecule has 0 bridgehead atoms. The van der Waals surface area contributed by atoms with Gasteiger partial charge < -0.3 is 24.8 Å². The lowest BCUT2D eigenvalue weighted by molar-refractivity contribution is 0.0683. The molecule has 0 saturated carbocycles. The fraction of sp³-hybridized carbons (Fsp3) is 0.833. The summed E-state index contributed by atoms with van der Waals surface area (Å²) in [5.74, 6) is 1.82. The Morgan fingerprint density at radius 2 is 2.00 bits per heavy atom. The molecule has 0 aliphatic carbocycles. The van der Waals surface area contributed by atoms with Gasteiger partial charge in [-0.2, -0.15) is 4.98 Å². The highest BCUT2D eigenvalue weighted by molar-refractivity contribution is 5.79. The van der Waals surface area contributed by atoms with Gasteiger partial charge in [0.25, 0.3) is 0 Å². The Kier molecular flexibility index (Phi) is 10.9. The zero-order valence-electron chi connectivity index (χ0n) is 17.2.